The third-order valence-electron chi connectivity index (χ3n) is 6.93. The van der Waals surface area contributed by atoms with Gasteiger partial charge in [0, 0.05) is 19.0 Å². The summed E-state index contributed by atoms with van der Waals surface area (Å²) in [4.78, 5) is 29.4. The monoisotopic (exact) mass is 579 g/mol. The number of aryl methyl sites for hydroxylation is 2. The van der Waals surface area contributed by atoms with Crippen molar-refractivity contribution in [2.45, 2.75) is 59.2 Å². The largest absolute Gasteiger partial charge is 0.497 e. The highest BCUT2D eigenvalue weighted by Gasteiger charge is 2.33. The molecule has 0 aliphatic heterocycles. The van der Waals surface area contributed by atoms with Crippen molar-refractivity contribution < 1.29 is 22.7 Å². The van der Waals surface area contributed by atoms with Crippen LogP contribution in [0.2, 0.25) is 0 Å². The number of anilines is 1. The van der Waals surface area contributed by atoms with E-state index in [4.69, 9.17) is 4.74 Å². The van der Waals surface area contributed by atoms with Gasteiger partial charge >= 0.3 is 0 Å². The summed E-state index contributed by atoms with van der Waals surface area (Å²) in [5, 5.41) is 3.03. The van der Waals surface area contributed by atoms with E-state index < -0.39 is 28.5 Å². The van der Waals surface area contributed by atoms with Crippen LogP contribution in [0.3, 0.4) is 0 Å². The Balaban J connectivity index is 2.09. The van der Waals surface area contributed by atoms with Crippen molar-refractivity contribution in [3.63, 3.8) is 0 Å². The summed E-state index contributed by atoms with van der Waals surface area (Å²) in [5.41, 5.74) is 3.80. The fourth-order valence-electron chi connectivity index (χ4n) is 4.67. The molecule has 0 fully saturated rings. The predicted molar refractivity (Wildman–Crippen MR) is 163 cm³/mol. The maximum Gasteiger partial charge on any atom is 0.244 e. The molecule has 41 heavy (non-hydrogen) atoms. The van der Waals surface area contributed by atoms with Crippen LogP contribution < -0.4 is 14.4 Å². The van der Waals surface area contributed by atoms with Gasteiger partial charge < -0.3 is 15.0 Å². The van der Waals surface area contributed by atoms with Gasteiger partial charge in [0.2, 0.25) is 21.8 Å². The van der Waals surface area contributed by atoms with Gasteiger partial charge in [-0.1, -0.05) is 55.5 Å². The zero-order valence-corrected chi connectivity index (χ0v) is 25.6. The Morgan fingerprint density at radius 3 is 2.15 bits per heavy atom. The molecule has 0 aliphatic carbocycles. The second kappa shape index (κ2) is 14.2. The molecule has 0 aliphatic rings. The summed E-state index contributed by atoms with van der Waals surface area (Å²) < 4.78 is 32.5. The zero-order chi connectivity index (χ0) is 30.2. The summed E-state index contributed by atoms with van der Waals surface area (Å²) in [6.45, 7) is 7.28. The van der Waals surface area contributed by atoms with E-state index in [1.807, 2.05) is 82.3 Å². The van der Waals surface area contributed by atoms with Crippen LogP contribution in [-0.4, -0.2) is 57.1 Å². The number of methoxy groups -OCH3 is 1. The summed E-state index contributed by atoms with van der Waals surface area (Å²) in [6, 6.07) is 21.2. The maximum absolute atomic E-state index is 14.2. The molecule has 8 nitrogen and oxygen atoms in total. The van der Waals surface area contributed by atoms with Gasteiger partial charge in [-0.3, -0.25) is 13.9 Å². The number of sulfonamides is 1. The molecule has 0 radical (unpaired) electrons. The summed E-state index contributed by atoms with van der Waals surface area (Å²) in [5.74, 6) is -0.166. The standard InChI is InChI=1S/C32H41N3O5S/c1-7-25(4)33-32(37)30(20-26-12-9-8-10-13-26)34(21-27-14-11-15-29(19-27)40-5)31(36)22-35(41(6,38)39)28-17-23(2)16-24(3)18-28/h8-19,25,30H,7,20-22H2,1-6H3,(H,33,37). The van der Waals surface area contributed by atoms with Crippen LogP contribution in [0.25, 0.3) is 0 Å². The van der Waals surface area contributed by atoms with Gasteiger partial charge in [-0.05, 0) is 73.7 Å². The topological polar surface area (TPSA) is 96.0 Å². The van der Waals surface area contributed by atoms with Gasteiger partial charge in [-0.2, -0.15) is 0 Å². The van der Waals surface area contributed by atoms with Crippen molar-refractivity contribution >= 4 is 27.5 Å². The van der Waals surface area contributed by atoms with Crippen LogP contribution in [0.5, 0.6) is 5.75 Å². The second-order valence-electron chi connectivity index (χ2n) is 10.5. The fraction of sp³-hybridized carbons (Fsp3) is 0.375. The molecule has 3 aromatic carbocycles. The third-order valence-corrected chi connectivity index (χ3v) is 8.07. The van der Waals surface area contributed by atoms with E-state index in [0.29, 0.717) is 11.4 Å². The minimum absolute atomic E-state index is 0.0892. The minimum Gasteiger partial charge on any atom is -0.497 e. The number of hydrogen-bond donors (Lipinski definition) is 1. The average Bonchev–Trinajstić information content (AvgIpc) is 2.92. The van der Waals surface area contributed by atoms with E-state index in [-0.39, 0.29) is 24.9 Å². The number of amides is 2. The van der Waals surface area contributed by atoms with Gasteiger partial charge in [0.1, 0.15) is 18.3 Å². The molecule has 0 bridgehead atoms. The SMILES string of the molecule is CCC(C)NC(=O)C(Cc1ccccc1)N(Cc1cccc(OC)c1)C(=O)CN(c1cc(C)cc(C)c1)S(C)(=O)=O. The van der Waals surface area contributed by atoms with Gasteiger partial charge in [-0.15, -0.1) is 0 Å². The summed E-state index contributed by atoms with van der Waals surface area (Å²) in [7, 11) is -2.26. The number of ether oxygens (including phenoxy) is 1. The summed E-state index contributed by atoms with van der Waals surface area (Å²) >= 11 is 0. The molecule has 0 saturated carbocycles. The van der Waals surface area contributed by atoms with Crippen molar-refractivity contribution in [3.05, 3.63) is 95.1 Å². The Morgan fingerprint density at radius 2 is 1.56 bits per heavy atom. The first-order chi connectivity index (χ1) is 19.4. The average molecular weight is 580 g/mol. The lowest BCUT2D eigenvalue weighted by Crippen LogP contribution is -2.54. The smallest absolute Gasteiger partial charge is 0.244 e. The predicted octanol–water partition coefficient (Wildman–Crippen LogP) is 4.63. The molecule has 2 amide bonds. The lowest BCUT2D eigenvalue weighted by Gasteiger charge is -2.34. The number of carbonyl (C=O) groups excluding carboxylic acids is 2. The molecule has 1 N–H and O–H groups in total. The first-order valence-corrected chi connectivity index (χ1v) is 15.6. The number of rotatable bonds is 13. The number of nitrogens with zero attached hydrogens (tertiary/aromatic N) is 2. The number of benzene rings is 3. The van der Waals surface area contributed by atoms with Crippen LogP contribution in [-0.2, 0) is 32.6 Å². The molecule has 0 saturated heterocycles. The lowest BCUT2D eigenvalue weighted by molar-refractivity contribution is -0.140. The van der Waals surface area contributed by atoms with Crippen LogP contribution in [0.1, 0.15) is 42.5 Å². The quantitative estimate of drug-likeness (QED) is 0.319. The normalized spacial score (nSPS) is 12.7. The Bertz CT molecular complexity index is 1420. The van der Waals surface area contributed by atoms with Crippen LogP contribution in [0, 0.1) is 13.8 Å². The highest BCUT2D eigenvalue weighted by atomic mass is 32.2. The Morgan fingerprint density at radius 1 is 0.927 bits per heavy atom. The van der Waals surface area contributed by atoms with E-state index >= 15 is 0 Å². The van der Waals surface area contributed by atoms with Gasteiger partial charge in [0.15, 0.2) is 0 Å². The molecular formula is C32H41N3O5S. The lowest BCUT2D eigenvalue weighted by atomic mass is 10.0. The Hall–Kier alpha value is -3.85. The van der Waals surface area contributed by atoms with Gasteiger partial charge in [0.05, 0.1) is 19.1 Å². The first kappa shape index (κ1) is 31.7. The van der Waals surface area contributed by atoms with E-state index in [0.717, 1.165) is 39.2 Å². The fourth-order valence-corrected chi connectivity index (χ4v) is 5.50. The minimum atomic E-state index is -3.83. The molecule has 2 unspecified atom stereocenters. The maximum atomic E-state index is 14.2. The molecule has 3 aromatic rings. The molecule has 0 aromatic heterocycles. The van der Waals surface area contributed by atoms with E-state index in [9.17, 15) is 18.0 Å². The molecule has 0 heterocycles. The van der Waals surface area contributed by atoms with Gasteiger partial charge in [-0.25, -0.2) is 8.42 Å². The molecule has 220 valence electrons. The van der Waals surface area contributed by atoms with Crippen LogP contribution >= 0.6 is 0 Å². The van der Waals surface area contributed by atoms with E-state index in [1.54, 1.807) is 25.3 Å². The Kier molecular flexibility index (Phi) is 10.9. The third kappa shape index (κ3) is 9.08. The molecule has 9 heteroatoms. The first-order valence-electron chi connectivity index (χ1n) is 13.7. The highest BCUT2D eigenvalue weighted by molar-refractivity contribution is 7.92. The van der Waals surface area contributed by atoms with Crippen molar-refractivity contribution in [3.8, 4) is 5.75 Å². The van der Waals surface area contributed by atoms with Crippen LogP contribution in [0.4, 0.5) is 5.69 Å². The van der Waals surface area contributed by atoms with Gasteiger partial charge in [0.25, 0.3) is 0 Å². The highest BCUT2D eigenvalue weighted by Crippen LogP contribution is 2.23. The molecular weight excluding hydrogens is 538 g/mol. The Labute approximate surface area is 244 Å². The van der Waals surface area contributed by atoms with Crippen molar-refractivity contribution in [2.75, 3.05) is 24.2 Å². The van der Waals surface area contributed by atoms with E-state index in [1.165, 1.54) is 4.90 Å². The molecule has 3 rings (SSSR count). The number of nitrogens with one attached hydrogen (secondary N) is 1. The zero-order valence-electron chi connectivity index (χ0n) is 24.8. The molecule has 2 atom stereocenters. The summed E-state index contributed by atoms with van der Waals surface area (Å²) in [6.07, 6.45) is 2.07. The second-order valence-corrected chi connectivity index (χ2v) is 12.4. The van der Waals surface area contributed by atoms with Crippen molar-refractivity contribution in [2.24, 2.45) is 0 Å². The van der Waals surface area contributed by atoms with Crippen molar-refractivity contribution in [1.29, 1.82) is 0 Å². The van der Waals surface area contributed by atoms with E-state index in [2.05, 4.69) is 5.32 Å². The van der Waals surface area contributed by atoms with Crippen LogP contribution in [0.15, 0.2) is 72.8 Å². The van der Waals surface area contributed by atoms with Crippen molar-refractivity contribution in [1.82, 2.24) is 10.2 Å². The number of hydrogen-bond acceptors (Lipinski definition) is 5. The number of carbonyl (C=O) groups is 2. The molecule has 0 spiro atoms.